The van der Waals surface area contributed by atoms with Crippen molar-refractivity contribution in [3.8, 4) is 0 Å². The molecule has 0 N–H and O–H groups in total. The Morgan fingerprint density at radius 3 is 2.87 bits per heavy atom. The Labute approximate surface area is 92.7 Å². The van der Waals surface area contributed by atoms with Crippen LogP contribution in [0, 0.1) is 11.8 Å². The van der Waals surface area contributed by atoms with Crippen molar-refractivity contribution >= 4 is 5.97 Å². The molecular weight excluding hydrogens is 188 g/mol. The zero-order chi connectivity index (χ0) is 11.3. The van der Waals surface area contributed by atoms with Gasteiger partial charge in [-0.1, -0.05) is 18.6 Å². The average molecular weight is 210 g/mol. The second kappa shape index (κ2) is 5.94. The van der Waals surface area contributed by atoms with Gasteiger partial charge in [-0.15, -0.1) is 0 Å². The smallest absolute Gasteiger partial charge is 0.309 e. The third-order valence-corrected chi connectivity index (χ3v) is 2.94. The highest BCUT2D eigenvalue weighted by molar-refractivity contribution is 5.74. The molecule has 0 radical (unpaired) electrons. The van der Waals surface area contributed by atoms with E-state index in [2.05, 4.69) is 26.8 Å². The number of esters is 1. The summed E-state index contributed by atoms with van der Waals surface area (Å²) in [5, 5.41) is 0. The van der Waals surface area contributed by atoms with Gasteiger partial charge in [0.05, 0.1) is 12.5 Å². The second-order valence-electron chi connectivity index (χ2n) is 4.85. The standard InChI is InChI=1S/C13H22O2/c1-10(2)5-4-6-11(3)9-12-7-8-15-13(12)14/h5,11-12H,4,6-9H2,1-3H3. The summed E-state index contributed by atoms with van der Waals surface area (Å²) in [6.07, 6.45) is 6.49. The lowest BCUT2D eigenvalue weighted by atomic mass is 9.91. The van der Waals surface area contributed by atoms with E-state index in [0.717, 1.165) is 19.3 Å². The Balaban J connectivity index is 2.20. The number of ether oxygens (including phenoxy) is 1. The first-order valence-corrected chi connectivity index (χ1v) is 5.89. The van der Waals surface area contributed by atoms with E-state index >= 15 is 0 Å². The van der Waals surface area contributed by atoms with E-state index < -0.39 is 0 Å². The van der Waals surface area contributed by atoms with Crippen molar-refractivity contribution in [2.45, 2.75) is 46.5 Å². The Morgan fingerprint density at radius 1 is 1.60 bits per heavy atom. The van der Waals surface area contributed by atoms with Crippen LogP contribution in [0.3, 0.4) is 0 Å². The van der Waals surface area contributed by atoms with Crippen LogP contribution in [0.25, 0.3) is 0 Å². The van der Waals surface area contributed by atoms with Crippen LogP contribution in [-0.2, 0) is 9.53 Å². The SMILES string of the molecule is CC(C)=CCCC(C)CC1CCOC1=O. The van der Waals surface area contributed by atoms with E-state index in [0.29, 0.717) is 12.5 Å². The molecule has 0 aliphatic carbocycles. The first-order valence-electron chi connectivity index (χ1n) is 5.89. The molecule has 15 heavy (non-hydrogen) atoms. The minimum Gasteiger partial charge on any atom is -0.465 e. The molecule has 1 rings (SSSR count). The Kier molecular flexibility index (Phi) is 4.86. The topological polar surface area (TPSA) is 26.3 Å². The number of hydrogen-bond acceptors (Lipinski definition) is 2. The van der Waals surface area contributed by atoms with Gasteiger partial charge in [-0.05, 0) is 45.4 Å². The van der Waals surface area contributed by atoms with Crippen LogP contribution < -0.4 is 0 Å². The average Bonchev–Trinajstić information content (AvgIpc) is 2.51. The van der Waals surface area contributed by atoms with Gasteiger partial charge in [-0.2, -0.15) is 0 Å². The van der Waals surface area contributed by atoms with Gasteiger partial charge in [-0.25, -0.2) is 0 Å². The number of cyclic esters (lactones) is 1. The molecule has 0 saturated carbocycles. The van der Waals surface area contributed by atoms with Gasteiger partial charge < -0.3 is 4.74 Å². The number of rotatable bonds is 5. The number of hydrogen-bond donors (Lipinski definition) is 0. The van der Waals surface area contributed by atoms with Gasteiger partial charge in [0.25, 0.3) is 0 Å². The summed E-state index contributed by atoms with van der Waals surface area (Å²) in [4.78, 5) is 11.3. The van der Waals surface area contributed by atoms with Gasteiger partial charge >= 0.3 is 5.97 Å². The second-order valence-corrected chi connectivity index (χ2v) is 4.85. The maximum atomic E-state index is 11.3. The van der Waals surface area contributed by atoms with Crippen LogP contribution in [0.1, 0.15) is 46.5 Å². The minimum atomic E-state index is 0.0177. The fourth-order valence-electron chi connectivity index (χ4n) is 2.01. The van der Waals surface area contributed by atoms with E-state index in [9.17, 15) is 4.79 Å². The third-order valence-electron chi connectivity index (χ3n) is 2.94. The van der Waals surface area contributed by atoms with Crippen molar-refractivity contribution in [2.24, 2.45) is 11.8 Å². The molecule has 1 heterocycles. The zero-order valence-electron chi connectivity index (χ0n) is 10.1. The lowest BCUT2D eigenvalue weighted by Crippen LogP contribution is -2.11. The fraction of sp³-hybridized carbons (Fsp3) is 0.769. The molecule has 86 valence electrons. The molecular formula is C13H22O2. The highest BCUT2D eigenvalue weighted by Gasteiger charge is 2.27. The third kappa shape index (κ3) is 4.50. The number of allylic oxidation sites excluding steroid dienone is 2. The monoisotopic (exact) mass is 210 g/mol. The van der Waals surface area contributed by atoms with Crippen molar-refractivity contribution in [3.63, 3.8) is 0 Å². The molecule has 2 unspecified atom stereocenters. The number of carbonyl (C=O) groups excluding carboxylic acids is 1. The summed E-state index contributed by atoms with van der Waals surface area (Å²) < 4.78 is 4.96. The minimum absolute atomic E-state index is 0.0177. The van der Waals surface area contributed by atoms with Crippen molar-refractivity contribution in [1.82, 2.24) is 0 Å². The van der Waals surface area contributed by atoms with Gasteiger partial charge in [0.1, 0.15) is 0 Å². The molecule has 0 spiro atoms. The summed E-state index contributed by atoms with van der Waals surface area (Å²) in [6.45, 7) is 7.10. The molecule has 2 heteroatoms. The van der Waals surface area contributed by atoms with E-state index in [1.165, 1.54) is 12.0 Å². The summed E-state index contributed by atoms with van der Waals surface area (Å²) in [7, 11) is 0. The molecule has 0 aromatic carbocycles. The Hall–Kier alpha value is -0.790. The lowest BCUT2D eigenvalue weighted by molar-refractivity contribution is -0.141. The molecule has 1 aliphatic rings. The zero-order valence-corrected chi connectivity index (χ0v) is 10.1. The van der Waals surface area contributed by atoms with Crippen LogP contribution in [0.2, 0.25) is 0 Å². The van der Waals surface area contributed by atoms with Crippen LogP contribution >= 0.6 is 0 Å². The quantitative estimate of drug-likeness (QED) is 0.514. The molecule has 0 bridgehead atoms. The Bertz CT molecular complexity index is 239. The van der Waals surface area contributed by atoms with E-state index in [1.807, 2.05) is 0 Å². The van der Waals surface area contributed by atoms with Crippen molar-refractivity contribution < 1.29 is 9.53 Å². The predicted octanol–water partition coefficient (Wildman–Crippen LogP) is 3.32. The van der Waals surface area contributed by atoms with E-state index in [-0.39, 0.29) is 11.9 Å². The first kappa shape index (κ1) is 12.3. The summed E-state index contributed by atoms with van der Waals surface area (Å²) in [6, 6.07) is 0. The van der Waals surface area contributed by atoms with Crippen LogP contribution in [0.5, 0.6) is 0 Å². The first-order chi connectivity index (χ1) is 7.09. The summed E-state index contributed by atoms with van der Waals surface area (Å²) >= 11 is 0. The molecule has 1 aliphatic heterocycles. The molecule has 0 amide bonds. The van der Waals surface area contributed by atoms with Crippen LogP contribution in [0.4, 0.5) is 0 Å². The normalized spacial score (nSPS) is 22.3. The van der Waals surface area contributed by atoms with Crippen molar-refractivity contribution in [2.75, 3.05) is 6.61 Å². The lowest BCUT2D eigenvalue weighted by Gasteiger charge is -2.12. The van der Waals surface area contributed by atoms with Crippen molar-refractivity contribution in [3.05, 3.63) is 11.6 Å². The van der Waals surface area contributed by atoms with Crippen molar-refractivity contribution in [1.29, 1.82) is 0 Å². The van der Waals surface area contributed by atoms with Gasteiger partial charge in [-0.3, -0.25) is 4.79 Å². The maximum absolute atomic E-state index is 11.3. The van der Waals surface area contributed by atoms with Crippen LogP contribution in [-0.4, -0.2) is 12.6 Å². The molecule has 1 fully saturated rings. The van der Waals surface area contributed by atoms with E-state index in [1.54, 1.807) is 0 Å². The summed E-state index contributed by atoms with van der Waals surface area (Å²) in [5.74, 6) is 0.812. The van der Waals surface area contributed by atoms with Gasteiger partial charge in [0, 0.05) is 0 Å². The highest BCUT2D eigenvalue weighted by atomic mass is 16.5. The predicted molar refractivity (Wildman–Crippen MR) is 61.5 cm³/mol. The van der Waals surface area contributed by atoms with Gasteiger partial charge in [0.15, 0.2) is 0 Å². The highest BCUT2D eigenvalue weighted by Crippen LogP contribution is 2.25. The summed E-state index contributed by atoms with van der Waals surface area (Å²) in [5.41, 5.74) is 1.38. The maximum Gasteiger partial charge on any atom is 0.309 e. The van der Waals surface area contributed by atoms with Crippen LogP contribution in [0.15, 0.2) is 11.6 Å². The largest absolute Gasteiger partial charge is 0.465 e. The molecule has 2 nitrogen and oxygen atoms in total. The Morgan fingerprint density at radius 2 is 2.33 bits per heavy atom. The van der Waals surface area contributed by atoms with Gasteiger partial charge in [0.2, 0.25) is 0 Å². The molecule has 0 aromatic rings. The number of carbonyl (C=O) groups is 1. The fourth-order valence-corrected chi connectivity index (χ4v) is 2.01. The van der Waals surface area contributed by atoms with E-state index in [4.69, 9.17) is 4.74 Å². The molecule has 1 saturated heterocycles. The molecule has 0 aromatic heterocycles. The molecule has 2 atom stereocenters.